The number of alkyl halides is 1. The van der Waals surface area contributed by atoms with E-state index in [0.717, 1.165) is 0 Å². The molecule has 0 aromatic carbocycles. The second kappa shape index (κ2) is 10.5. The van der Waals surface area contributed by atoms with Gasteiger partial charge in [-0.25, -0.2) is 0 Å². The highest BCUT2D eigenvalue weighted by Crippen LogP contribution is 2.16. The monoisotopic (exact) mass is 293 g/mol. The summed E-state index contributed by atoms with van der Waals surface area (Å²) in [7, 11) is 1.59. The minimum absolute atomic E-state index is 0.0516. The number of carbonyl (C=O) groups is 2. The molecular weight excluding hydrogens is 278 g/mol. The van der Waals surface area contributed by atoms with E-state index in [-0.39, 0.29) is 29.7 Å². The Morgan fingerprint density at radius 2 is 1.75 bits per heavy atom. The third kappa shape index (κ3) is 8.32. The van der Waals surface area contributed by atoms with Crippen LogP contribution in [-0.4, -0.2) is 30.2 Å². The molecule has 0 saturated carbocycles. The Balaban J connectivity index is 0. The van der Waals surface area contributed by atoms with Crippen LogP contribution in [0.15, 0.2) is 0 Å². The fourth-order valence-corrected chi connectivity index (χ4v) is 1.35. The standard InChI is InChI=1S/C9H16BrNO2.CO2/c1-6(2)8(9(13)11-3)4-7(12)5-10;2-1-3/h6,8H,4-5H2,1-3H3,(H,11,13);. The summed E-state index contributed by atoms with van der Waals surface area (Å²) in [5.41, 5.74) is 0. The Kier molecular flexibility index (Phi) is 11.4. The molecule has 0 fully saturated rings. The number of hydrogen-bond acceptors (Lipinski definition) is 4. The van der Waals surface area contributed by atoms with Gasteiger partial charge in [-0.1, -0.05) is 29.8 Å². The summed E-state index contributed by atoms with van der Waals surface area (Å²) >= 11 is 3.08. The van der Waals surface area contributed by atoms with E-state index in [1.54, 1.807) is 7.05 Å². The summed E-state index contributed by atoms with van der Waals surface area (Å²) in [6.07, 6.45) is 0.572. The Labute approximate surface area is 103 Å². The van der Waals surface area contributed by atoms with E-state index in [1.165, 1.54) is 0 Å². The van der Waals surface area contributed by atoms with Crippen LogP contribution in [0.5, 0.6) is 0 Å². The maximum atomic E-state index is 11.3. The highest BCUT2D eigenvalue weighted by molar-refractivity contribution is 9.09. The average Bonchev–Trinajstić information content (AvgIpc) is 2.25. The summed E-state index contributed by atoms with van der Waals surface area (Å²) in [6.45, 7) is 3.89. The summed E-state index contributed by atoms with van der Waals surface area (Å²) in [5.74, 6) is 0.0181. The van der Waals surface area contributed by atoms with Crippen molar-refractivity contribution in [1.82, 2.24) is 5.32 Å². The largest absolute Gasteiger partial charge is 0.373 e. The molecular formula is C10H16BrNO4. The van der Waals surface area contributed by atoms with Gasteiger partial charge in [0.1, 0.15) is 5.78 Å². The van der Waals surface area contributed by atoms with Gasteiger partial charge in [0.15, 0.2) is 0 Å². The van der Waals surface area contributed by atoms with Crippen LogP contribution in [0.2, 0.25) is 0 Å². The predicted octanol–water partition coefficient (Wildman–Crippen LogP) is 0.775. The van der Waals surface area contributed by atoms with E-state index in [2.05, 4.69) is 21.2 Å². The van der Waals surface area contributed by atoms with Crippen molar-refractivity contribution in [2.24, 2.45) is 11.8 Å². The molecule has 0 aliphatic rings. The molecule has 0 radical (unpaired) electrons. The normalized spacial score (nSPS) is 10.8. The first-order valence-corrected chi connectivity index (χ1v) is 5.85. The molecule has 0 aliphatic carbocycles. The number of nitrogens with one attached hydrogen (secondary N) is 1. The number of halogens is 1. The maximum Gasteiger partial charge on any atom is 0.373 e. The molecule has 1 unspecified atom stereocenters. The Hall–Kier alpha value is -1.00. The van der Waals surface area contributed by atoms with Gasteiger partial charge < -0.3 is 5.32 Å². The topological polar surface area (TPSA) is 80.3 Å². The summed E-state index contributed by atoms with van der Waals surface area (Å²) in [5, 5.41) is 2.90. The maximum absolute atomic E-state index is 11.3. The van der Waals surface area contributed by atoms with Gasteiger partial charge in [0.2, 0.25) is 5.91 Å². The highest BCUT2D eigenvalue weighted by atomic mass is 79.9. The van der Waals surface area contributed by atoms with Crippen molar-refractivity contribution in [3.63, 3.8) is 0 Å². The SMILES string of the molecule is CNC(=O)C(CC(=O)CBr)C(C)C.O=C=O. The lowest BCUT2D eigenvalue weighted by Crippen LogP contribution is -2.32. The smallest absolute Gasteiger partial charge is 0.359 e. The van der Waals surface area contributed by atoms with Gasteiger partial charge >= 0.3 is 6.15 Å². The second-order valence-electron chi connectivity index (χ2n) is 3.42. The van der Waals surface area contributed by atoms with Crippen molar-refractivity contribution in [2.75, 3.05) is 12.4 Å². The van der Waals surface area contributed by atoms with Crippen molar-refractivity contribution in [3.8, 4) is 0 Å². The Morgan fingerprint density at radius 3 is 2.00 bits per heavy atom. The number of rotatable bonds is 5. The van der Waals surface area contributed by atoms with Crippen LogP contribution in [0.4, 0.5) is 0 Å². The van der Waals surface area contributed by atoms with Crippen LogP contribution in [0, 0.1) is 11.8 Å². The van der Waals surface area contributed by atoms with Crippen LogP contribution in [0.1, 0.15) is 20.3 Å². The lowest BCUT2D eigenvalue weighted by atomic mass is 9.90. The van der Waals surface area contributed by atoms with E-state index >= 15 is 0 Å². The second-order valence-corrected chi connectivity index (χ2v) is 3.99. The lowest BCUT2D eigenvalue weighted by molar-refractivity contribution is -0.191. The fourth-order valence-electron chi connectivity index (χ4n) is 1.12. The zero-order chi connectivity index (χ0) is 13.1. The van der Waals surface area contributed by atoms with E-state index in [0.29, 0.717) is 11.8 Å². The van der Waals surface area contributed by atoms with Crippen LogP contribution in [0.3, 0.4) is 0 Å². The third-order valence-electron chi connectivity index (χ3n) is 1.98. The molecule has 0 aromatic rings. The molecule has 0 aromatic heterocycles. The van der Waals surface area contributed by atoms with Gasteiger partial charge in [0.05, 0.1) is 5.33 Å². The lowest BCUT2D eigenvalue weighted by Gasteiger charge is -2.17. The van der Waals surface area contributed by atoms with Gasteiger partial charge in [0.25, 0.3) is 0 Å². The van der Waals surface area contributed by atoms with Gasteiger partial charge in [-0.3, -0.25) is 9.59 Å². The van der Waals surface area contributed by atoms with Crippen LogP contribution in [-0.2, 0) is 19.2 Å². The molecule has 5 nitrogen and oxygen atoms in total. The van der Waals surface area contributed by atoms with Crippen molar-refractivity contribution in [2.45, 2.75) is 20.3 Å². The first-order valence-electron chi connectivity index (χ1n) is 4.73. The number of amides is 1. The van der Waals surface area contributed by atoms with Gasteiger partial charge in [-0.2, -0.15) is 9.59 Å². The zero-order valence-corrected chi connectivity index (χ0v) is 11.2. The Bertz CT molecular complexity index is 260. The van der Waals surface area contributed by atoms with E-state index in [4.69, 9.17) is 9.59 Å². The van der Waals surface area contributed by atoms with Gasteiger partial charge in [-0.05, 0) is 5.92 Å². The van der Waals surface area contributed by atoms with Crippen LogP contribution < -0.4 is 5.32 Å². The molecule has 16 heavy (non-hydrogen) atoms. The number of carbonyl (C=O) groups excluding carboxylic acids is 4. The molecule has 0 heterocycles. The molecule has 0 saturated heterocycles. The van der Waals surface area contributed by atoms with E-state index in [9.17, 15) is 9.59 Å². The number of hydrogen-bond donors (Lipinski definition) is 1. The first-order chi connectivity index (χ1) is 7.44. The molecule has 0 rings (SSSR count). The first kappa shape index (κ1) is 17.4. The molecule has 1 amide bonds. The molecule has 92 valence electrons. The van der Waals surface area contributed by atoms with Crippen LogP contribution in [0.25, 0.3) is 0 Å². The van der Waals surface area contributed by atoms with Crippen molar-refractivity contribution in [3.05, 3.63) is 0 Å². The predicted molar refractivity (Wildman–Crippen MR) is 60.8 cm³/mol. The third-order valence-corrected chi connectivity index (χ3v) is 2.61. The molecule has 0 aliphatic heterocycles. The quantitative estimate of drug-likeness (QED) is 0.760. The van der Waals surface area contributed by atoms with Crippen LogP contribution >= 0.6 is 15.9 Å². The average molecular weight is 294 g/mol. The van der Waals surface area contributed by atoms with Gasteiger partial charge in [0, 0.05) is 19.4 Å². The zero-order valence-electron chi connectivity index (χ0n) is 9.58. The Morgan fingerprint density at radius 1 is 1.31 bits per heavy atom. The van der Waals surface area contributed by atoms with Crippen molar-refractivity contribution >= 4 is 33.8 Å². The summed E-state index contributed by atoms with van der Waals surface area (Å²) in [6, 6.07) is 0. The van der Waals surface area contributed by atoms with Crippen molar-refractivity contribution < 1.29 is 19.2 Å². The summed E-state index contributed by atoms with van der Waals surface area (Å²) < 4.78 is 0. The van der Waals surface area contributed by atoms with E-state index in [1.807, 2.05) is 13.8 Å². The molecule has 0 bridgehead atoms. The molecule has 0 spiro atoms. The minimum Gasteiger partial charge on any atom is -0.359 e. The minimum atomic E-state index is -0.199. The molecule has 6 heteroatoms. The summed E-state index contributed by atoms with van der Waals surface area (Å²) in [4.78, 5) is 38.7. The fraction of sp³-hybridized carbons (Fsp3) is 0.700. The highest BCUT2D eigenvalue weighted by Gasteiger charge is 2.23. The van der Waals surface area contributed by atoms with Crippen molar-refractivity contribution in [1.29, 1.82) is 0 Å². The molecule has 1 atom stereocenters. The number of ketones is 1. The molecule has 1 N–H and O–H groups in total. The van der Waals surface area contributed by atoms with E-state index < -0.39 is 0 Å². The number of Topliss-reactive ketones (excluding diaryl/α,β-unsaturated/α-hetero) is 1. The van der Waals surface area contributed by atoms with Gasteiger partial charge in [-0.15, -0.1) is 0 Å².